The molecule has 0 aliphatic heterocycles. The van der Waals surface area contributed by atoms with Crippen molar-refractivity contribution in [3.05, 3.63) is 176 Å². The molecule has 9 aromatic rings. The fraction of sp³-hybridized carbons (Fsp3) is 0. The maximum absolute atomic E-state index is 6.46. The summed E-state index contributed by atoms with van der Waals surface area (Å²) in [6, 6.07) is 60.4. The largest absolute Gasteiger partial charge is 0.456 e. The quantitative estimate of drug-likeness (QED) is 0.184. The van der Waals surface area contributed by atoms with Crippen LogP contribution in [0.25, 0.3) is 89.5 Å². The SMILES string of the molecule is c1ccc(-c2cc(-c3ccccc3)cc(-c3nc(-c4ccccc4)nc(-c4cc(-c5ccccc5)cc5oc6ccccc6c45)n3)c2)cc1. The molecular formula is C45H29N3O. The van der Waals surface area contributed by atoms with Crippen molar-refractivity contribution in [3.8, 4) is 67.5 Å². The summed E-state index contributed by atoms with van der Waals surface area (Å²) in [7, 11) is 0. The van der Waals surface area contributed by atoms with Crippen LogP contribution in [-0.2, 0) is 0 Å². The van der Waals surface area contributed by atoms with Crippen LogP contribution in [0.3, 0.4) is 0 Å². The Kier molecular flexibility index (Phi) is 7.10. The van der Waals surface area contributed by atoms with Crippen molar-refractivity contribution >= 4 is 21.9 Å². The Hall–Kier alpha value is -6.65. The monoisotopic (exact) mass is 627 g/mol. The first-order valence-electron chi connectivity index (χ1n) is 16.4. The van der Waals surface area contributed by atoms with Gasteiger partial charge in [-0.3, -0.25) is 0 Å². The van der Waals surface area contributed by atoms with E-state index in [9.17, 15) is 0 Å². The summed E-state index contributed by atoms with van der Waals surface area (Å²) in [5, 5.41) is 2.00. The summed E-state index contributed by atoms with van der Waals surface area (Å²) >= 11 is 0. The molecule has 0 aliphatic rings. The normalized spacial score (nSPS) is 11.3. The van der Waals surface area contributed by atoms with Crippen LogP contribution in [0.2, 0.25) is 0 Å². The Balaban J connectivity index is 1.33. The van der Waals surface area contributed by atoms with Gasteiger partial charge in [0.2, 0.25) is 0 Å². The minimum atomic E-state index is 0.588. The molecule has 49 heavy (non-hydrogen) atoms. The van der Waals surface area contributed by atoms with Crippen molar-refractivity contribution < 1.29 is 4.42 Å². The van der Waals surface area contributed by atoms with Gasteiger partial charge in [0.05, 0.1) is 0 Å². The van der Waals surface area contributed by atoms with Crippen LogP contribution in [0.15, 0.2) is 180 Å². The molecule has 2 heterocycles. The van der Waals surface area contributed by atoms with Gasteiger partial charge in [-0.25, -0.2) is 15.0 Å². The predicted octanol–water partition coefficient (Wildman–Crippen LogP) is 11.8. The Morgan fingerprint density at radius 3 is 1.31 bits per heavy atom. The number of rotatable bonds is 6. The van der Waals surface area contributed by atoms with Crippen LogP contribution in [0.1, 0.15) is 0 Å². The molecule has 7 aromatic carbocycles. The molecule has 0 amide bonds. The Bertz CT molecular complexity index is 2520. The van der Waals surface area contributed by atoms with Gasteiger partial charge in [-0.15, -0.1) is 0 Å². The summed E-state index contributed by atoms with van der Waals surface area (Å²) < 4.78 is 6.46. The van der Waals surface area contributed by atoms with Crippen molar-refractivity contribution in [2.45, 2.75) is 0 Å². The lowest BCUT2D eigenvalue weighted by atomic mass is 9.95. The van der Waals surface area contributed by atoms with E-state index in [4.69, 9.17) is 19.4 Å². The van der Waals surface area contributed by atoms with E-state index in [0.717, 1.165) is 72.0 Å². The molecule has 0 bridgehead atoms. The molecule has 0 unspecified atom stereocenters. The zero-order valence-corrected chi connectivity index (χ0v) is 26.5. The fourth-order valence-corrected chi connectivity index (χ4v) is 6.52. The smallest absolute Gasteiger partial charge is 0.164 e. The molecule has 0 fully saturated rings. The summed E-state index contributed by atoms with van der Waals surface area (Å²) in [6.07, 6.45) is 0. The van der Waals surface area contributed by atoms with Crippen molar-refractivity contribution in [2.24, 2.45) is 0 Å². The number of benzene rings is 7. The molecule has 230 valence electrons. The van der Waals surface area contributed by atoms with E-state index in [1.165, 1.54) is 0 Å². The second-order valence-electron chi connectivity index (χ2n) is 12.1. The van der Waals surface area contributed by atoms with Gasteiger partial charge in [0.25, 0.3) is 0 Å². The zero-order chi connectivity index (χ0) is 32.6. The van der Waals surface area contributed by atoms with Crippen LogP contribution in [0.4, 0.5) is 0 Å². The number of hydrogen-bond acceptors (Lipinski definition) is 4. The molecule has 4 heteroatoms. The van der Waals surface area contributed by atoms with Gasteiger partial charge in [0, 0.05) is 27.5 Å². The molecular weight excluding hydrogens is 599 g/mol. The maximum atomic E-state index is 6.46. The van der Waals surface area contributed by atoms with Gasteiger partial charge >= 0.3 is 0 Å². The lowest BCUT2D eigenvalue weighted by Gasteiger charge is -2.13. The fourth-order valence-electron chi connectivity index (χ4n) is 6.52. The van der Waals surface area contributed by atoms with E-state index in [1.807, 2.05) is 66.7 Å². The first-order chi connectivity index (χ1) is 24.3. The van der Waals surface area contributed by atoms with Crippen LogP contribution in [-0.4, -0.2) is 15.0 Å². The topological polar surface area (TPSA) is 51.8 Å². The number of para-hydroxylation sites is 1. The minimum absolute atomic E-state index is 0.588. The number of furan rings is 1. The highest BCUT2D eigenvalue weighted by atomic mass is 16.3. The minimum Gasteiger partial charge on any atom is -0.456 e. The van der Waals surface area contributed by atoms with Gasteiger partial charge < -0.3 is 4.42 Å². The third-order valence-electron chi connectivity index (χ3n) is 8.90. The van der Waals surface area contributed by atoms with E-state index in [0.29, 0.717) is 17.5 Å². The van der Waals surface area contributed by atoms with Crippen LogP contribution >= 0.6 is 0 Å². The Morgan fingerprint density at radius 1 is 0.306 bits per heavy atom. The molecule has 0 atom stereocenters. The Labute approximate surface area is 284 Å². The first kappa shape index (κ1) is 28.6. The van der Waals surface area contributed by atoms with Crippen molar-refractivity contribution in [1.29, 1.82) is 0 Å². The Morgan fingerprint density at radius 2 is 0.735 bits per heavy atom. The van der Waals surface area contributed by atoms with Crippen molar-refractivity contribution in [3.63, 3.8) is 0 Å². The standard InChI is InChI=1S/C45H29N3O/c1-5-15-30(16-6-1)34-25-35(31-17-7-2-8-18-31)27-37(26-34)44-46-43(33-21-11-4-12-22-33)47-45(48-44)39-28-36(32-19-9-3-10-20-32)29-41-42(39)38-23-13-14-24-40(38)49-41/h1-29H. The zero-order valence-electron chi connectivity index (χ0n) is 26.5. The average molecular weight is 628 g/mol. The van der Waals surface area contributed by atoms with Crippen molar-refractivity contribution in [1.82, 2.24) is 15.0 Å². The van der Waals surface area contributed by atoms with Crippen LogP contribution in [0.5, 0.6) is 0 Å². The molecule has 9 rings (SSSR count). The average Bonchev–Trinajstić information content (AvgIpc) is 3.57. The maximum Gasteiger partial charge on any atom is 0.164 e. The van der Waals surface area contributed by atoms with Crippen LogP contribution < -0.4 is 0 Å². The summed E-state index contributed by atoms with van der Waals surface area (Å²) in [5.41, 5.74) is 10.9. The molecule has 0 spiro atoms. The van der Waals surface area contributed by atoms with Gasteiger partial charge in [0.15, 0.2) is 17.5 Å². The van der Waals surface area contributed by atoms with E-state index < -0.39 is 0 Å². The van der Waals surface area contributed by atoms with Gasteiger partial charge in [-0.2, -0.15) is 0 Å². The third-order valence-corrected chi connectivity index (χ3v) is 8.90. The number of nitrogens with zero attached hydrogens (tertiary/aromatic N) is 3. The molecule has 0 N–H and O–H groups in total. The molecule has 4 nitrogen and oxygen atoms in total. The highest BCUT2D eigenvalue weighted by Gasteiger charge is 2.20. The van der Waals surface area contributed by atoms with Gasteiger partial charge in [-0.05, 0) is 69.8 Å². The third kappa shape index (κ3) is 5.45. The number of hydrogen-bond donors (Lipinski definition) is 0. The number of fused-ring (bicyclic) bond motifs is 3. The highest BCUT2D eigenvalue weighted by Crippen LogP contribution is 2.40. The molecule has 0 saturated heterocycles. The second kappa shape index (κ2) is 12.2. The van der Waals surface area contributed by atoms with Crippen LogP contribution in [0, 0.1) is 0 Å². The summed E-state index contributed by atoms with van der Waals surface area (Å²) in [4.78, 5) is 15.6. The number of aromatic nitrogens is 3. The van der Waals surface area contributed by atoms with E-state index >= 15 is 0 Å². The lowest BCUT2D eigenvalue weighted by molar-refractivity contribution is 0.669. The highest BCUT2D eigenvalue weighted by molar-refractivity contribution is 6.13. The first-order valence-corrected chi connectivity index (χ1v) is 16.4. The predicted molar refractivity (Wildman–Crippen MR) is 200 cm³/mol. The van der Waals surface area contributed by atoms with E-state index in [-0.39, 0.29) is 0 Å². The summed E-state index contributed by atoms with van der Waals surface area (Å²) in [6.45, 7) is 0. The molecule has 2 aromatic heterocycles. The van der Waals surface area contributed by atoms with Gasteiger partial charge in [0.1, 0.15) is 11.2 Å². The van der Waals surface area contributed by atoms with E-state index in [1.54, 1.807) is 0 Å². The summed E-state index contributed by atoms with van der Waals surface area (Å²) in [5.74, 6) is 1.80. The molecule has 0 radical (unpaired) electrons. The van der Waals surface area contributed by atoms with E-state index in [2.05, 4.69) is 109 Å². The van der Waals surface area contributed by atoms with Gasteiger partial charge in [-0.1, -0.05) is 140 Å². The molecule has 0 aliphatic carbocycles. The second-order valence-corrected chi connectivity index (χ2v) is 12.1. The lowest BCUT2D eigenvalue weighted by Crippen LogP contribution is -2.01. The van der Waals surface area contributed by atoms with Crippen molar-refractivity contribution in [2.75, 3.05) is 0 Å². The molecule has 0 saturated carbocycles.